The summed E-state index contributed by atoms with van der Waals surface area (Å²) in [7, 11) is 0. The number of carbonyl (C=O) groups excluding carboxylic acids is 3. The van der Waals surface area contributed by atoms with Crippen LogP contribution in [0.1, 0.15) is 36.7 Å². The van der Waals surface area contributed by atoms with E-state index in [4.69, 9.17) is 4.98 Å². The van der Waals surface area contributed by atoms with E-state index in [0.29, 0.717) is 17.1 Å². The number of nitrogens with zero attached hydrogens (tertiary/aromatic N) is 3. The molecule has 0 radical (unpaired) electrons. The second-order valence-corrected chi connectivity index (χ2v) is 12.2. The number of aliphatic carboxylic acids is 1. The van der Waals surface area contributed by atoms with E-state index in [1.807, 2.05) is 12.1 Å². The number of rotatable bonds is 7. The molecule has 6 rings (SSSR count). The summed E-state index contributed by atoms with van der Waals surface area (Å²) in [4.78, 5) is 47.4. The zero-order chi connectivity index (χ0) is 26.6. The van der Waals surface area contributed by atoms with Crippen LogP contribution in [0.25, 0.3) is 10.2 Å². The minimum absolute atomic E-state index is 0. The van der Waals surface area contributed by atoms with Gasteiger partial charge in [-0.2, -0.15) is 0 Å². The van der Waals surface area contributed by atoms with Crippen molar-refractivity contribution in [1.82, 2.24) is 14.9 Å². The Morgan fingerprint density at radius 3 is 2.82 bits per heavy atom. The van der Waals surface area contributed by atoms with Gasteiger partial charge < -0.3 is 25.2 Å². The number of hydrogen-bond donors (Lipinski definition) is 2. The Kier molecular flexibility index (Phi) is 8.65. The number of aromatic nitrogens is 2. The number of hydrogen-bond acceptors (Lipinski definition) is 9. The van der Waals surface area contributed by atoms with Gasteiger partial charge in [-0.1, -0.05) is 24.2 Å². The number of benzene rings is 1. The standard InChI is InChI=1S/C27H26N4O5S2.K/c1-13(32)20-22-16-6-4-5-14(21(16)23(26(35)36)31(22)25(20)34)12-37-27-30-17-9-8-15(11-19(17)38-27)29-24(33)18-7-2-3-10-28-18;/h2-3,7-11,13-14,16,20,22,32H,4-6,12H2,1H3,(H,29,33)(H,35,36);/q;+1/p-1/t13-,14-,16+,20-,22-;/m1./s1. The molecule has 2 aromatic heterocycles. The van der Waals surface area contributed by atoms with Crippen molar-refractivity contribution >= 4 is 56.8 Å². The summed E-state index contributed by atoms with van der Waals surface area (Å²) in [5.74, 6) is -1.92. The van der Waals surface area contributed by atoms with Crippen molar-refractivity contribution < 1.29 is 76.0 Å². The number of pyridine rings is 1. The van der Waals surface area contributed by atoms with Crippen LogP contribution in [0.5, 0.6) is 0 Å². The molecular formula is C27H25KN4O5S2. The Morgan fingerprint density at radius 2 is 2.10 bits per heavy atom. The second kappa shape index (κ2) is 11.7. The maximum absolute atomic E-state index is 12.7. The summed E-state index contributed by atoms with van der Waals surface area (Å²) in [6.07, 6.45) is 3.33. The molecule has 1 saturated heterocycles. The van der Waals surface area contributed by atoms with Crippen LogP contribution in [-0.2, 0) is 9.59 Å². The molecule has 0 bridgehead atoms. The van der Waals surface area contributed by atoms with Crippen LogP contribution in [0.2, 0.25) is 0 Å². The quantitative estimate of drug-likeness (QED) is 0.218. The Bertz CT molecular complexity index is 1480. The van der Waals surface area contributed by atoms with Gasteiger partial charge in [0.2, 0.25) is 5.91 Å². The van der Waals surface area contributed by atoms with Crippen molar-refractivity contribution in [2.75, 3.05) is 11.1 Å². The average Bonchev–Trinajstić information content (AvgIpc) is 3.44. The number of amides is 2. The molecule has 3 aromatic rings. The van der Waals surface area contributed by atoms with E-state index in [2.05, 4.69) is 10.3 Å². The van der Waals surface area contributed by atoms with Crippen LogP contribution in [-0.4, -0.2) is 55.7 Å². The van der Waals surface area contributed by atoms with Gasteiger partial charge >= 0.3 is 51.4 Å². The summed E-state index contributed by atoms with van der Waals surface area (Å²) in [6.45, 7) is 1.59. The number of aliphatic hydroxyl groups is 1. The molecule has 5 atom stereocenters. The third kappa shape index (κ3) is 5.26. The molecule has 2 fully saturated rings. The maximum Gasteiger partial charge on any atom is 1.00 e. The van der Waals surface area contributed by atoms with Gasteiger partial charge in [-0.3, -0.25) is 14.6 Å². The Balaban J connectivity index is 0.00000308. The third-order valence-corrected chi connectivity index (χ3v) is 9.99. The number of nitrogens with one attached hydrogen (secondary N) is 1. The largest absolute Gasteiger partial charge is 1.00 e. The first-order valence-electron chi connectivity index (χ1n) is 12.6. The van der Waals surface area contributed by atoms with Crippen LogP contribution in [0, 0.1) is 17.8 Å². The Hall–Kier alpha value is -1.64. The molecule has 0 unspecified atom stereocenters. The molecule has 2 aliphatic heterocycles. The van der Waals surface area contributed by atoms with Gasteiger partial charge in [-0.05, 0) is 61.6 Å². The smallest absolute Gasteiger partial charge is 0.543 e. The van der Waals surface area contributed by atoms with Crippen molar-refractivity contribution in [3.63, 3.8) is 0 Å². The SMILES string of the molecule is C[C@@H](O)[C@H]1C(=O)N2C(C(=O)[O-])=C3[C@@H](CSc4nc5ccc(NC(=O)c6ccccn6)cc5s4)CCC[C@@H]3[C@H]12.[K+]. The normalized spacial score (nSPS) is 24.5. The van der Waals surface area contributed by atoms with Gasteiger partial charge in [-0.15, -0.1) is 11.3 Å². The minimum atomic E-state index is -1.32. The van der Waals surface area contributed by atoms with E-state index < -0.39 is 18.0 Å². The van der Waals surface area contributed by atoms with Crippen molar-refractivity contribution in [2.24, 2.45) is 17.8 Å². The zero-order valence-electron chi connectivity index (χ0n) is 21.5. The minimum Gasteiger partial charge on any atom is -0.543 e. The molecule has 9 nitrogen and oxygen atoms in total. The van der Waals surface area contributed by atoms with Gasteiger partial charge in [0.1, 0.15) is 5.69 Å². The second-order valence-electron chi connectivity index (χ2n) is 9.93. The molecule has 3 aliphatic rings. The summed E-state index contributed by atoms with van der Waals surface area (Å²) in [6, 6.07) is 10.4. The molecule has 1 aliphatic carbocycles. The first kappa shape index (κ1) is 28.9. The third-order valence-electron chi connectivity index (χ3n) is 7.67. The van der Waals surface area contributed by atoms with Crippen molar-refractivity contribution in [3.8, 4) is 0 Å². The van der Waals surface area contributed by atoms with E-state index in [1.54, 1.807) is 49.1 Å². The number of carboxylic acids is 1. The number of fused-ring (bicyclic) bond motifs is 4. The fraction of sp³-hybridized carbons (Fsp3) is 0.370. The maximum atomic E-state index is 12.7. The van der Waals surface area contributed by atoms with Gasteiger partial charge in [0, 0.05) is 23.6 Å². The predicted octanol–water partition coefficient (Wildman–Crippen LogP) is -0.319. The monoisotopic (exact) mass is 588 g/mol. The van der Waals surface area contributed by atoms with E-state index in [1.165, 1.54) is 16.2 Å². The Labute approximate surface area is 275 Å². The molecule has 2 N–H and O–H groups in total. The van der Waals surface area contributed by atoms with Crippen LogP contribution in [0.3, 0.4) is 0 Å². The van der Waals surface area contributed by atoms with E-state index in [0.717, 1.165) is 39.4 Å². The van der Waals surface area contributed by atoms with Gasteiger partial charge in [0.15, 0.2) is 4.34 Å². The number of aliphatic hydroxyl groups excluding tert-OH is 1. The summed E-state index contributed by atoms with van der Waals surface area (Å²) in [5, 5.41) is 25.1. The van der Waals surface area contributed by atoms with E-state index in [9.17, 15) is 24.6 Å². The summed E-state index contributed by atoms with van der Waals surface area (Å²) in [5.41, 5.74) is 2.62. The molecule has 0 spiro atoms. The molecule has 12 heteroatoms. The fourth-order valence-corrected chi connectivity index (χ4v) is 8.37. The molecule has 2 amide bonds. The van der Waals surface area contributed by atoms with Gasteiger partial charge in [-0.25, -0.2) is 4.98 Å². The molecule has 1 saturated carbocycles. The molecule has 4 heterocycles. The number of β-lactam (4-membered cyclic amide) rings is 1. The molecule has 39 heavy (non-hydrogen) atoms. The number of thioether (sulfide) groups is 1. The van der Waals surface area contributed by atoms with Gasteiger partial charge in [0.25, 0.3) is 5.91 Å². The average molecular weight is 589 g/mol. The Morgan fingerprint density at radius 1 is 1.28 bits per heavy atom. The van der Waals surface area contributed by atoms with E-state index >= 15 is 0 Å². The van der Waals surface area contributed by atoms with Crippen LogP contribution in [0.4, 0.5) is 5.69 Å². The van der Waals surface area contributed by atoms with Crippen molar-refractivity contribution in [2.45, 2.75) is 42.7 Å². The van der Waals surface area contributed by atoms with Crippen LogP contribution in [0.15, 0.2) is 58.2 Å². The first-order chi connectivity index (χ1) is 18.3. The number of carboxylic acid groups (broad SMARTS) is 1. The summed E-state index contributed by atoms with van der Waals surface area (Å²) >= 11 is 3.09. The van der Waals surface area contributed by atoms with Crippen molar-refractivity contribution in [1.29, 1.82) is 0 Å². The zero-order valence-corrected chi connectivity index (χ0v) is 26.3. The molecule has 1 aromatic carbocycles. The molecule has 196 valence electrons. The van der Waals surface area contributed by atoms with Gasteiger partial charge in [0.05, 0.1) is 39.9 Å². The number of anilines is 1. The topological polar surface area (TPSA) is 136 Å². The molecular weight excluding hydrogens is 564 g/mol. The predicted molar refractivity (Wildman–Crippen MR) is 141 cm³/mol. The van der Waals surface area contributed by atoms with Crippen LogP contribution >= 0.6 is 23.1 Å². The fourth-order valence-electron chi connectivity index (χ4n) is 6.07. The van der Waals surface area contributed by atoms with E-state index in [-0.39, 0.29) is 86.8 Å². The summed E-state index contributed by atoms with van der Waals surface area (Å²) < 4.78 is 1.78. The van der Waals surface area contributed by atoms with Crippen molar-refractivity contribution in [3.05, 3.63) is 59.6 Å². The number of thiazole rings is 1. The number of carbonyl (C=O) groups is 3. The first-order valence-corrected chi connectivity index (χ1v) is 14.4. The van der Waals surface area contributed by atoms with Crippen LogP contribution < -0.4 is 61.8 Å².